The number of amides is 2. The highest BCUT2D eigenvalue weighted by Gasteiger charge is 2.80. The van der Waals surface area contributed by atoms with Gasteiger partial charge in [-0.2, -0.15) is 18.4 Å². The molecule has 6 atom stereocenters. The predicted molar refractivity (Wildman–Crippen MR) is 90.7 cm³/mol. The lowest BCUT2D eigenvalue weighted by atomic mass is 9.62. The lowest BCUT2D eigenvalue weighted by Gasteiger charge is -2.36. The van der Waals surface area contributed by atoms with Crippen LogP contribution in [0.5, 0.6) is 0 Å². The third-order valence-corrected chi connectivity index (χ3v) is 6.45. The zero-order valence-corrected chi connectivity index (χ0v) is 15.6. The van der Waals surface area contributed by atoms with Crippen LogP contribution < -0.4 is 4.90 Å². The molecular formula is C19H15F3N2O6. The third-order valence-electron chi connectivity index (χ3n) is 6.45. The summed E-state index contributed by atoms with van der Waals surface area (Å²) in [5.74, 6) is -7.25. The first-order valence-electron chi connectivity index (χ1n) is 8.89. The second-order valence-electron chi connectivity index (χ2n) is 8.04. The fourth-order valence-electron chi connectivity index (χ4n) is 5.21. The second kappa shape index (κ2) is 5.80. The smallest absolute Gasteiger partial charge is 0.417 e. The molecule has 1 aromatic rings. The van der Waals surface area contributed by atoms with Gasteiger partial charge < -0.3 is 14.9 Å². The average molecular weight is 424 g/mol. The molecule has 3 heterocycles. The van der Waals surface area contributed by atoms with Crippen LogP contribution in [0.4, 0.5) is 18.9 Å². The van der Waals surface area contributed by atoms with Gasteiger partial charge in [0.1, 0.15) is 11.5 Å². The Labute approximate surface area is 167 Å². The van der Waals surface area contributed by atoms with Gasteiger partial charge in [-0.25, -0.2) is 4.90 Å². The second-order valence-corrected chi connectivity index (χ2v) is 8.04. The quantitative estimate of drug-likeness (QED) is 0.685. The maximum atomic E-state index is 13.3. The van der Waals surface area contributed by atoms with Crippen molar-refractivity contribution in [2.24, 2.45) is 17.8 Å². The summed E-state index contributed by atoms with van der Waals surface area (Å²) in [5.41, 5.74) is -5.78. The molecule has 0 radical (unpaired) electrons. The molecule has 11 heteroatoms. The van der Waals surface area contributed by atoms with E-state index in [1.807, 2.05) is 0 Å². The molecule has 8 nitrogen and oxygen atoms in total. The lowest BCUT2D eigenvalue weighted by Crippen LogP contribution is -2.56. The topological polar surface area (TPSA) is 128 Å². The Bertz CT molecular complexity index is 1050. The summed E-state index contributed by atoms with van der Waals surface area (Å²) in [5, 5.41) is 29.0. The Morgan fingerprint density at radius 2 is 1.77 bits per heavy atom. The standard InChI is InChI=1S/C19H15F3N2O6/c1-17-10-11(18(2,30-17)13(25)12(17)16(28)29)15(27)24(14(10)26)8-4-3-7(6-23)9(5-8)19(20,21)22/h3-5,10-13,25H,1-2H3,(H,28,29)/t10-,11+,12-,13+,17+,18-/m0/s1. The zero-order chi connectivity index (χ0) is 22.4. The number of carbonyl (C=O) groups excluding carboxylic acids is 2. The van der Waals surface area contributed by atoms with Crippen LogP contribution in [-0.2, 0) is 25.3 Å². The first-order chi connectivity index (χ1) is 13.8. The highest BCUT2D eigenvalue weighted by molar-refractivity contribution is 6.23. The number of alkyl halides is 3. The van der Waals surface area contributed by atoms with Crippen molar-refractivity contribution in [3.63, 3.8) is 0 Å². The summed E-state index contributed by atoms with van der Waals surface area (Å²) in [6.45, 7) is 2.62. The van der Waals surface area contributed by atoms with Crippen molar-refractivity contribution in [3.8, 4) is 6.07 Å². The van der Waals surface area contributed by atoms with Gasteiger partial charge in [0.15, 0.2) is 0 Å². The summed E-state index contributed by atoms with van der Waals surface area (Å²) in [6.07, 6.45) is -6.49. The maximum Gasteiger partial charge on any atom is 0.417 e. The molecule has 2 N–H and O–H groups in total. The molecule has 0 aromatic heterocycles. The average Bonchev–Trinajstić information content (AvgIpc) is 3.13. The van der Waals surface area contributed by atoms with Crippen LogP contribution in [0.25, 0.3) is 0 Å². The Morgan fingerprint density at radius 1 is 1.20 bits per heavy atom. The number of carbonyl (C=O) groups is 3. The van der Waals surface area contributed by atoms with E-state index >= 15 is 0 Å². The van der Waals surface area contributed by atoms with Crippen LogP contribution in [0.1, 0.15) is 25.0 Å². The zero-order valence-electron chi connectivity index (χ0n) is 15.6. The lowest BCUT2D eigenvalue weighted by molar-refractivity contribution is -0.154. The molecule has 0 unspecified atom stereocenters. The van der Waals surface area contributed by atoms with Gasteiger partial charge in [0.05, 0.1) is 46.4 Å². The van der Waals surface area contributed by atoms with Crippen LogP contribution in [0.2, 0.25) is 0 Å². The van der Waals surface area contributed by atoms with Crippen LogP contribution in [0.3, 0.4) is 0 Å². The van der Waals surface area contributed by atoms with Gasteiger partial charge in [0.25, 0.3) is 0 Å². The highest BCUT2D eigenvalue weighted by Crippen LogP contribution is 2.63. The summed E-state index contributed by atoms with van der Waals surface area (Å²) in [6, 6.07) is 3.85. The molecule has 3 aliphatic heterocycles. The van der Waals surface area contributed by atoms with E-state index in [0.717, 1.165) is 12.1 Å². The summed E-state index contributed by atoms with van der Waals surface area (Å²) >= 11 is 0. The largest absolute Gasteiger partial charge is 0.481 e. The van der Waals surface area contributed by atoms with E-state index in [4.69, 9.17) is 10.00 Å². The van der Waals surface area contributed by atoms with E-state index in [1.165, 1.54) is 19.9 Å². The number of ether oxygens (including phenoxy) is 1. The molecule has 30 heavy (non-hydrogen) atoms. The highest BCUT2D eigenvalue weighted by atomic mass is 19.4. The summed E-state index contributed by atoms with van der Waals surface area (Å²) in [7, 11) is 0. The van der Waals surface area contributed by atoms with Gasteiger partial charge >= 0.3 is 12.1 Å². The van der Waals surface area contributed by atoms with Crippen molar-refractivity contribution < 1.29 is 42.5 Å². The molecule has 0 spiro atoms. The van der Waals surface area contributed by atoms with Gasteiger partial charge in [-0.3, -0.25) is 14.4 Å². The minimum absolute atomic E-state index is 0.390. The normalized spacial score (nSPS) is 37.4. The summed E-state index contributed by atoms with van der Waals surface area (Å²) < 4.78 is 45.7. The Hall–Kier alpha value is -2.97. The van der Waals surface area contributed by atoms with E-state index < -0.39 is 75.8 Å². The third kappa shape index (κ3) is 2.26. The number of anilines is 1. The van der Waals surface area contributed by atoms with Gasteiger partial charge in [0, 0.05) is 0 Å². The number of rotatable bonds is 2. The number of hydrogen-bond donors (Lipinski definition) is 2. The number of imide groups is 1. The first-order valence-corrected chi connectivity index (χ1v) is 8.89. The van der Waals surface area contributed by atoms with Crippen molar-refractivity contribution in [3.05, 3.63) is 29.3 Å². The summed E-state index contributed by atoms with van der Waals surface area (Å²) in [4.78, 5) is 38.5. The number of carboxylic acid groups (broad SMARTS) is 1. The molecule has 0 saturated carbocycles. The van der Waals surface area contributed by atoms with E-state index in [2.05, 4.69) is 0 Å². The number of nitriles is 1. The van der Waals surface area contributed by atoms with Gasteiger partial charge in [-0.05, 0) is 32.0 Å². The van der Waals surface area contributed by atoms with E-state index in [-0.39, 0.29) is 0 Å². The van der Waals surface area contributed by atoms with E-state index in [1.54, 1.807) is 0 Å². The Balaban J connectivity index is 1.83. The number of aliphatic hydroxyl groups is 1. The van der Waals surface area contributed by atoms with Gasteiger partial charge in [0.2, 0.25) is 11.8 Å². The number of halogens is 3. The number of nitrogens with zero attached hydrogens (tertiary/aromatic N) is 2. The number of carboxylic acids is 1. The van der Waals surface area contributed by atoms with Gasteiger partial charge in [-0.15, -0.1) is 0 Å². The van der Waals surface area contributed by atoms with Crippen LogP contribution >= 0.6 is 0 Å². The van der Waals surface area contributed by atoms with Crippen molar-refractivity contribution >= 4 is 23.5 Å². The molecule has 3 saturated heterocycles. The van der Waals surface area contributed by atoms with Gasteiger partial charge in [-0.1, -0.05) is 0 Å². The molecule has 3 aliphatic rings. The fourth-order valence-corrected chi connectivity index (χ4v) is 5.21. The molecule has 2 amide bonds. The number of aliphatic hydroxyl groups excluding tert-OH is 1. The van der Waals surface area contributed by atoms with E-state index in [9.17, 15) is 37.8 Å². The molecule has 2 bridgehead atoms. The minimum Gasteiger partial charge on any atom is -0.481 e. The Kier molecular flexibility index (Phi) is 3.93. The maximum absolute atomic E-state index is 13.3. The monoisotopic (exact) mass is 424 g/mol. The fraction of sp³-hybridized carbons (Fsp3) is 0.474. The van der Waals surface area contributed by atoms with E-state index in [0.29, 0.717) is 11.0 Å². The molecule has 3 fully saturated rings. The first kappa shape index (κ1) is 20.3. The molecule has 1 aromatic carbocycles. The molecular weight excluding hydrogens is 409 g/mol. The number of hydrogen-bond acceptors (Lipinski definition) is 6. The van der Waals surface area contributed by atoms with Crippen molar-refractivity contribution in [2.45, 2.75) is 37.3 Å². The number of benzene rings is 1. The van der Waals surface area contributed by atoms with Crippen LogP contribution in [0.15, 0.2) is 18.2 Å². The number of aliphatic carboxylic acids is 1. The molecule has 4 rings (SSSR count). The van der Waals surface area contributed by atoms with Crippen molar-refractivity contribution in [1.82, 2.24) is 0 Å². The van der Waals surface area contributed by atoms with Crippen LogP contribution in [-0.4, -0.2) is 45.3 Å². The van der Waals surface area contributed by atoms with Crippen molar-refractivity contribution in [2.75, 3.05) is 4.90 Å². The SMILES string of the molecule is C[C@]12O[C@](C)([C@H](O)[C@H]1C(=O)O)[C@H]1C(=O)N(c3ccc(C#N)c(C(F)(F)F)c3)C(=O)[C@H]12. The van der Waals surface area contributed by atoms with Crippen molar-refractivity contribution in [1.29, 1.82) is 5.26 Å². The Morgan fingerprint density at radius 3 is 2.27 bits per heavy atom. The van der Waals surface area contributed by atoms with Crippen LogP contribution in [0, 0.1) is 29.1 Å². The minimum atomic E-state index is -4.90. The molecule has 158 valence electrons. The molecule has 0 aliphatic carbocycles. The predicted octanol–water partition coefficient (Wildman–Crippen LogP) is 1.31. The number of fused-ring (bicyclic) bond motifs is 5.